The van der Waals surface area contributed by atoms with Crippen molar-refractivity contribution >= 4 is 5.69 Å². The van der Waals surface area contributed by atoms with E-state index < -0.39 is 0 Å². The summed E-state index contributed by atoms with van der Waals surface area (Å²) in [5, 5.41) is 3.62. The van der Waals surface area contributed by atoms with E-state index in [2.05, 4.69) is 86.7 Å². The van der Waals surface area contributed by atoms with Gasteiger partial charge in [-0.05, 0) is 66.6 Å². The third-order valence-corrected chi connectivity index (χ3v) is 5.13. The van der Waals surface area contributed by atoms with Crippen LogP contribution in [0.15, 0.2) is 48.5 Å². The first-order chi connectivity index (χ1) is 13.0. The highest BCUT2D eigenvalue weighted by Gasteiger charge is 2.12. The second kappa shape index (κ2) is 11.0. The molecule has 1 atom stereocenters. The van der Waals surface area contributed by atoms with Crippen LogP contribution in [-0.2, 0) is 6.54 Å². The van der Waals surface area contributed by atoms with E-state index in [9.17, 15) is 0 Å². The Hall–Kier alpha value is -2.00. The predicted molar refractivity (Wildman–Crippen MR) is 117 cm³/mol. The Balaban J connectivity index is 1.86. The first-order valence-corrected chi connectivity index (χ1v) is 10.1. The van der Waals surface area contributed by atoms with E-state index in [-0.39, 0.29) is 0 Å². The largest absolute Gasteiger partial charge is 0.497 e. The molecule has 2 rings (SSSR count). The van der Waals surface area contributed by atoms with E-state index in [4.69, 9.17) is 4.74 Å². The van der Waals surface area contributed by atoms with Crippen molar-refractivity contribution in [2.75, 3.05) is 32.6 Å². The number of rotatable bonds is 11. The number of nitrogens with zero attached hydrogens (tertiary/aromatic N) is 1. The second-order valence-electron chi connectivity index (χ2n) is 7.97. The third-order valence-electron chi connectivity index (χ3n) is 5.13. The van der Waals surface area contributed by atoms with Crippen LogP contribution >= 0.6 is 0 Å². The normalized spacial score (nSPS) is 12.2. The maximum absolute atomic E-state index is 5.30. The van der Waals surface area contributed by atoms with E-state index in [0.717, 1.165) is 31.2 Å². The highest BCUT2D eigenvalue weighted by Crippen LogP contribution is 2.28. The lowest BCUT2D eigenvalue weighted by molar-refractivity contribution is 0.414. The molecule has 0 radical (unpaired) electrons. The summed E-state index contributed by atoms with van der Waals surface area (Å²) in [6, 6.07) is 17.4. The molecule has 3 heteroatoms. The molecule has 0 bridgehead atoms. The molecule has 0 aliphatic heterocycles. The molecule has 0 heterocycles. The van der Waals surface area contributed by atoms with Gasteiger partial charge in [0.1, 0.15) is 5.75 Å². The molecule has 1 N–H and O–H groups in total. The summed E-state index contributed by atoms with van der Waals surface area (Å²) in [5.41, 5.74) is 4.00. The van der Waals surface area contributed by atoms with Crippen LogP contribution in [-0.4, -0.2) is 27.7 Å². The summed E-state index contributed by atoms with van der Waals surface area (Å²) >= 11 is 0. The Morgan fingerprint density at radius 3 is 2.11 bits per heavy atom. The van der Waals surface area contributed by atoms with Gasteiger partial charge in [-0.1, -0.05) is 44.5 Å². The lowest BCUT2D eigenvalue weighted by atomic mass is 9.88. The molecule has 0 aromatic heterocycles. The van der Waals surface area contributed by atoms with Crippen LogP contribution in [0.25, 0.3) is 0 Å². The molecule has 0 saturated carbocycles. The number of hydrogen-bond donors (Lipinski definition) is 1. The molecule has 0 aliphatic rings. The molecule has 148 valence electrons. The Labute approximate surface area is 165 Å². The molecule has 0 fully saturated rings. The van der Waals surface area contributed by atoms with E-state index in [1.54, 1.807) is 7.11 Å². The van der Waals surface area contributed by atoms with Crippen molar-refractivity contribution in [3.63, 3.8) is 0 Å². The van der Waals surface area contributed by atoms with Gasteiger partial charge in [-0.2, -0.15) is 0 Å². The van der Waals surface area contributed by atoms with Crippen molar-refractivity contribution in [2.24, 2.45) is 5.92 Å². The predicted octanol–water partition coefficient (Wildman–Crippen LogP) is 5.46. The van der Waals surface area contributed by atoms with Crippen LogP contribution in [0.3, 0.4) is 0 Å². The highest BCUT2D eigenvalue weighted by atomic mass is 16.5. The zero-order valence-electron chi connectivity index (χ0n) is 17.7. The van der Waals surface area contributed by atoms with Crippen molar-refractivity contribution in [1.82, 2.24) is 5.32 Å². The Morgan fingerprint density at radius 2 is 1.56 bits per heavy atom. The zero-order chi connectivity index (χ0) is 19.6. The van der Waals surface area contributed by atoms with Gasteiger partial charge in [-0.25, -0.2) is 0 Å². The first kappa shape index (κ1) is 21.3. The fourth-order valence-electron chi connectivity index (χ4n) is 3.31. The van der Waals surface area contributed by atoms with E-state index >= 15 is 0 Å². The molecule has 0 spiro atoms. The lowest BCUT2D eigenvalue weighted by Gasteiger charge is -2.19. The van der Waals surface area contributed by atoms with Crippen LogP contribution in [0, 0.1) is 5.92 Å². The highest BCUT2D eigenvalue weighted by molar-refractivity contribution is 5.45. The standard InChI is InChI=1S/C24H36N2O/c1-19(2)6-9-22(21-10-14-24(27-5)15-11-21)16-17-25-18-20-7-12-23(13-8-20)26(3)4/h7-8,10-15,19,22,25H,6,9,16-18H2,1-5H3/t22-/m1/s1. The van der Waals surface area contributed by atoms with Crippen molar-refractivity contribution in [2.45, 2.75) is 45.6 Å². The van der Waals surface area contributed by atoms with E-state index in [0.29, 0.717) is 5.92 Å². The minimum Gasteiger partial charge on any atom is -0.497 e. The Bertz CT molecular complexity index is 647. The minimum absolute atomic E-state index is 0.599. The number of nitrogens with one attached hydrogen (secondary N) is 1. The maximum atomic E-state index is 5.30. The van der Waals surface area contributed by atoms with Crippen molar-refractivity contribution < 1.29 is 4.74 Å². The summed E-state index contributed by atoms with van der Waals surface area (Å²) in [6.45, 7) is 6.57. The van der Waals surface area contributed by atoms with Crippen molar-refractivity contribution in [3.05, 3.63) is 59.7 Å². The lowest BCUT2D eigenvalue weighted by Crippen LogP contribution is -2.18. The van der Waals surface area contributed by atoms with Crippen LogP contribution in [0.4, 0.5) is 5.69 Å². The van der Waals surface area contributed by atoms with Gasteiger partial charge in [0.2, 0.25) is 0 Å². The average molecular weight is 369 g/mol. The molecular formula is C24H36N2O. The molecule has 3 nitrogen and oxygen atoms in total. The first-order valence-electron chi connectivity index (χ1n) is 10.1. The molecule has 0 aliphatic carbocycles. The summed E-state index contributed by atoms with van der Waals surface area (Å²) in [5.74, 6) is 2.27. The molecular weight excluding hydrogens is 332 g/mol. The van der Waals surface area contributed by atoms with E-state index in [1.807, 2.05) is 0 Å². The maximum Gasteiger partial charge on any atom is 0.118 e. The van der Waals surface area contributed by atoms with Gasteiger partial charge in [-0.3, -0.25) is 0 Å². The van der Waals surface area contributed by atoms with E-state index in [1.165, 1.54) is 29.7 Å². The fourth-order valence-corrected chi connectivity index (χ4v) is 3.31. The Morgan fingerprint density at radius 1 is 0.889 bits per heavy atom. The van der Waals surface area contributed by atoms with Crippen molar-refractivity contribution in [1.29, 1.82) is 0 Å². The van der Waals surface area contributed by atoms with Gasteiger partial charge in [-0.15, -0.1) is 0 Å². The van der Waals surface area contributed by atoms with Crippen LogP contribution in [0.5, 0.6) is 5.75 Å². The molecule has 0 unspecified atom stereocenters. The molecule has 0 amide bonds. The van der Waals surface area contributed by atoms with Gasteiger partial charge >= 0.3 is 0 Å². The van der Waals surface area contributed by atoms with Gasteiger partial charge in [0.15, 0.2) is 0 Å². The average Bonchev–Trinajstić information content (AvgIpc) is 2.67. The van der Waals surface area contributed by atoms with Gasteiger partial charge in [0, 0.05) is 26.3 Å². The Kier molecular flexibility index (Phi) is 8.66. The summed E-state index contributed by atoms with van der Waals surface area (Å²) in [6.07, 6.45) is 3.67. The summed E-state index contributed by atoms with van der Waals surface area (Å²) in [4.78, 5) is 2.13. The van der Waals surface area contributed by atoms with Crippen LogP contribution in [0.2, 0.25) is 0 Å². The number of ether oxygens (including phenoxy) is 1. The number of anilines is 1. The number of methoxy groups -OCH3 is 1. The number of benzene rings is 2. The fraction of sp³-hybridized carbons (Fsp3) is 0.500. The second-order valence-corrected chi connectivity index (χ2v) is 7.97. The monoisotopic (exact) mass is 368 g/mol. The molecule has 27 heavy (non-hydrogen) atoms. The van der Waals surface area contributed by atoms with Gasteiger partial charge < -0.3 is 15.0 Å². The minimum atomic E-state index is 0.599. The van der Waals surface area contributed by atoms with Crippen LogP contribution in [0.1, 0.15) is 50.2 Å². The van der Waals surface area contributed by atoms with Gasteiger partial charge in [0.05, 0.1) is 7.11 Å². The SMILES string of the molecule is COc1ccc([C@@H](CCNCc2ccc(N(C)C)cc2)CCC(C)C)cc1. The smallest absolute Gasteiger partial charge is 0.118 e. The van der Waals surface area contributed by atoms with Crippen LogP contribution < -0.4 is 15.0 Å². The number of hydrogen-bond acceptors (Lipinski definition) is 3. The summed E-state index contributed by atoms with van der Waals surface area (Å²) in [7, 11) is 5.87. The third kappa shape index (κ3) is 7.26. The quantitative estimate of drug-likeness (QED) is 0.533. The zero-order valence-corrected chi connectivity index (χ0v) is 17.7. The molecule has 2 aromatic rings. The van der Waals surface area contributed by atoms with Gasteiger partial charge in [0.25, 0.3) is 0 Å². The molecule has 0 saturated heterocycles. The molecule has 2 aromatic carbocycles. The van der Waals surface area contributed by atoms with Crippen molar-refractivity contribution in [3.8, 4) is 5.75 Å². The summed E-state index contributed by atoms with van der Waals surface area (Å²) < 4.78 is 5.30. The topological polar surface area (TPSA) is 24.5 Å².